The van der Waals surface area contributed by atoms with Gasteiger partial charge in [0.2, 0.25) is 0 Å². The van der Waals surface area contributed by atoms with Gasteiger partial charge in [-0.05, 0) is 79.6 Å². The van der Waals surface area contributed by atoms with Crippen LogP contribution in [0.3, 0.4) is 0 Å². The first kappa shape index (κ1) is 14.3. The lowest BCUT2D eigenvalue weighted by Crippen LogP contribution is -2.51. The van der Waals surface area contributed by atoms with Gasteiger partial charge in [0.05, 0.1) is 12.3 Å². The maximum absolute atomic E-state index is 10.5. The molecule has 0 aliphatic heterocycles. The molecule has 23 heavy (non-hydrogen) atoms. The van der Waals surface area contributed by atoms with Crippen molar-refractivity contribution >= 4 is 6.08 Å². The van der Waals surface area contributed by atoms with E-state index in [1.54, 1.807) is 5.57 Å². The van der Waals surface area contributed by atoms with Crippen LogP contribution in [0.2, 0.25) is 0 Å². The molecule has 0 bridgehead atoms. The van der Waals surface area contributed by atoms with Crippen LogP contribution >= 0.6 is 0 Å². The average Bonchev–Trinajstić information content (AvgIpc) is 3.08. The first-order valence-corrected chi connectivity index (χ1v) is 9.35. The van der Waals surface area contributed by atoms with Gasteiger partial charge in [-0.15, -0.1) is 0 Å². The second-order valence-corrected chi connectivity index (χ2v) is 9.03. The summed E-state index contributed by atoms with van der Waals surface area (Å²) in [5.41, 5.74) is 3.33. The van der Waals surface area contributed by atoms with Gasteiger partial charge in [-0.1, -0.05) is 24.6 Å². The number of aliphatic hydroxyl groups excluding tert-OH is 1. The number of hydrogen-bond donors (Lipinski definition) is 1. The molecule has 1 aromatic heterocycles. The summed E-state index contributed by atoms with van der Waals surface area (Å²) in [4.78, 5) is 0. The number of allylic oxidation sites excluding steroid dienone is 1. The Morgan fingerprint density at radius 3 is 2.91 bits per heavy atom. The third-order valence-electron chi connectivity index (χ3n) is 8.23. The summed E-state index contributed by atoms with van der Waals surface area (Å²) in [6.07, 6.45) is 12.4. The number of nitrogens with zero attached hydrogens (tertiary/aromatic N) is 1. The van der Waals surface area contributed by atoms with E-state index in [-0.39, 0.29) is 16.9 Å². The SMILES string of the molecule is C[C@]12CCC3C(CCC4=Cc5oncc5C[C@@]43C)C1CCC2O. The molecule has 1 N–H and O–H groups in total. The molecule has 4 aliphatic rings. The molecule has 3 fully saturated rings. The third-order valence-corrected chi connectivity index (χ3v) is 8.23. The zero-order valence-electron chi connectivity index (χ0n) is 14.2. The molecule has 0 aromatic carbocycles. The number of hydrogen-bond acceptors (Lipinski definition) is 3. The topological polar surface area (TPSA) is 46.3 Å². The van der Waals surface area contributed by atoms with Gasteiger partial charge in [0.15, 0.2) is 5.76 Å². The predicted octanol–water partition coefficient (Wildman–Crippen LogP) is 4.22. The van der Waals surface area contributed by atoms with Crippen molar-refractivity contribution < 1.29 is 9.63 Å². The van der Waals surface area contributed by atoms with Crippen molar-refractivity contribution in [3.8, 4) is 0 Å². The smallest absolute Gasteiger partial charge is 0.162 e. The minimum atomic E-state index is -0.0748. The molecule has 5 rings (SSSR count). The normalized spacial score (nSPS) is 48.0. The summed E-state index contributed by atoms with van der Waals surface area (Å²) < 4.78 is 5.43. The van der Waals surface area contributed by atoms with Crippen molar-refractivity contribution in [2.75, 3.05) is 0 Å². The van der Waals surface area contributed by atoms with Crippen LogP contribution in [0.4, 0.5) is 0 Å². The molecule has 4 aliphatic carbocycles. The van der Waals surface area contributed by atoms with Gasteiger partial charge in [0.25, 0.3) is 0 Å². The van der Waals surface area contributed by atoms with Gasteiger partial charge in [-0.3, -0.25) is 0 Å². The van der Waals surface area contributed by atoms with Crippen molar-refractivity contribution in [1.29, 1.82) is 0 Å². The summed E-state index contributed by atoms with van der Waals surface area (Å²) in [7, 11) is 0. The molecule has 0 saturated heterocycles. The highest BCUT2D eigenvalue weighted by Crippen LogP contribution is 2.65. The van der Waals surface area contributed by atoms with E-state index in [0.29, 0.717) is 0 Å². The van der Waals surface area contributed by atoms with Crippen molar-refractivity contribution in [3.63, 3.8) is 0 Å². The quantitative estimate of drug-likeness (QED) is 0.780. The fraction of sp³-hybridized carbons (Fsp3) is 0.750. The predicted molar refractivity (Wildman–Crippen MR) is 88.6 cm³/mol. The van der Waals surface area contributed by atoms with Crippen LogP contribution in [-0.4, -0.2) is 16.4 Å². The lowest BCUT2D eigenvalue weighted by molar-refractivity contribution is -0.0704. The Labute approximate surface area is 138 Å². The second kappa shape index (κ2) is 4.50. The molecular formula is C20H27NO2. The van der Waals surface area contributed by atoms with Crippen LogP contribution < -0.4 is 0 Å². The van der Waals surface area contributed by atoms with Gasteiger partial charge < -0.3 is 9.63 Å². The maximum atomic E-state index is 10.5. The van der Waals surface area contributed by atoms with Gasteiger partial charge in [-0.2, -0.15) is 0 Å². The van der Waals surface area contributed by atoms with Gasteiger partial charge in [0, 0.05) is 5.56 Å². The molecule has 0 radical (unpaired) electrons. The summed E-state index contributed by atoms with van der Waals surface area (Å²) in [5, 5.41) is 14.6. The van der Waals surface area contributed by atoms with Crippen molar-refractivity contribution in [2.24, 2.45) is 28.6 Å². The molecule has 3 heteroatoms. The molecule has 124 valence electrons. The van der Waals surface area contributed by atoms with Gasteiger partial charge >= 0.3 is 0 Å². The van der Waals surface area contributed by atoms with Gasteiger partial charge in [-0.25, -0.2) is 0 Å². The molecule has 4 unspecified atom stereocenters. The van der Waals surface area contributed by atoms with E-state index in [1.165, 1.54) is 37.7 Å². The van der Waals surface area contributed by atoms with Crippen molar-refractivity contribution in [2.45, 2.75) is 64.9 Å². The largest absolute Gasteiger partial charge is 0.393 e. The third kappa shape index (κ3) is 1.72. The van der Waals surface area contributed by atoms with E-state index < -0.39 is 0 Å². The Morgan fingerprint density at radius 2 is 2.04 bits per heavy atom. The van der Waals surface area contributed by atoms with Crippen LogP contribution in [0.15, 0.2) is 16.3 Å². The molecule has 1 heterocycles. The highest BCUT2D eigenvalue weighted by Gasteiger charge is 2.58. The Kier molecular flexibility index (Phi) is 2.79. The summed E-state index contributed by atoms with van der Waals surface area (Å²) in [5.74, 6) is 3.26. The Hall–Kier alpha value is -1.09. The molecule has 6 atom stereocenters. The lowest BCUT2D eigenvalue weighted by atomic mass is 9.47. The van der Waals surface area contributed by atoms with E-state index >= 15 is 0 Å². The Morgan fingerprint density at radius 1 is 1.17 bits per heavy atom. The molecule has 0 spiro atoms. The highest BCUT2D eigenvalue weighted by molar-refractivity contribution is 5.57. The van der Waals surface area contributed by atoms with Crippen LogP contribution in [0, 0.1) is 28.6 Å². The molecular weight excluding hydrogens is 286 g/mol. The van der Waals surface area contributed by atoms with E-state index in [1.807, 2.05) is 6.20 Å². The summed E-state index contributed by atoms with van der Waals surface area (Å²) in [6, 6.07) is 0. The number of aliphatic hydroxyl groups is 1. The Balaban J connectivity index is 1.53. The molecule has 1 aromatic rings. The van der Waals surface area contributed by atoms with E-state index in [2.05, 4.69) is 25.1 Å². The number of fused-ring (bicyclic) bond motifs is 6. The second-order valence-electron chi connectivity index (χ2n) is 9.03. The van der Waals surface area contributed by atoms with Gasteiger partial charge in [0.1, 0.15) is 0 Å². The van der Waals surface area contributed by atoms with Crippen LogP contribution in [0.25, 0.3) is 6.08 Å². The molecule has 3 saturated carbocycles. The highest BCUT2D eigenvalue weighted by atomic mass is 16.5. The van der Waals surface area contributed by atoms with Crippen molar-refractivity contribution in [3.05, 3.63) is 23.1 Å². The fourth-order valence-corrected chi connectivity index (χ4v) is 6.86. The monoisotopic (exact) mass is 313 g/mol. The summed E-state index contributed by atoms with van der Waals surface area (Å²) in [6.45, 7) is 4.85. The minimum absolute atomic E-state index is 0.0748. The van der Waals surface area contributed by atoms with Crippen LogP contribution in [0.1, 0.15) is 63.7 Å². The minimum Gasteiger partial charge on any atom is -0.393 e. The Bertz CT molecular complexity index is 677. The van der Waals surface area contributed by atoms with Crippen LogP contribution in [-0.2, 0) is 6.42 Å². The summed E-state index contributed by atoms with van der Waals surface area (Å²) >= 11 is 0. The lowest BCUT2D eigenvalue weighted by Gasteiger charge is -2.57. The first-order valence-electron chi connectivity index (χ1n) is 9.35. The zero-order chi connectivity index (χ0) is 15.8. The average molecular weight is 313 g/mol. The van der Waals surface area contributed by atoms with Crippen molar-refractivity contribution in [1.82, 2.24) is 5.16 Å². The van der Waals surface area contributed by atoms with E-state index in [0.717, 1.165) is 36.4 Å². The molecule has 0 amide bonds. The first-order chi connectivity index (χ1) is 11.0. The van der Waals surface area contributed by atoms with E-state index in [4.69, 9.17) is 4.52 Å². The maximum Gasteiger partial charge on any atom is 0.162 e. The number of aromatic nitrogens is 1. The molecule has 3 nitrogen and oxygen atoms in total. The standard InChI is InChI=1S/C20H27NO2/c1-19-8-7-16-14(15(19)5-6-18(19)22)4-3-13-9-17-12(11-21-23-17)10-20(13,16)2/h9,11,14-16,18,22H,3-8,10H2,1-2H3/t14?,15?,16?,18?,19-,20-/m0/s1. The fourth-order valence-electron chi connectivity index (χ4n) is 6.86. The van der Waals surface area contributed by atoms with Crippen LogP contribution in [0.5, 0.6) is 0 Å². The number of rotatable bonds is 0. The van der Waals surface area contributed by atoms with E-state index in [9.17, 15) is 5.11 Å². The zero-order valence-corrected chi connectivity index (χ0v) is 14.2.